The number of rotatable bonds is 10. The first-order valence-corrected chi connectivity index (χ1v) is 14.6. The van der Waals surface area contributed by atoms with Gasteiger partial charge in [0, 0.05) is 61.3 Å². The summed E-state index contributed by atoms with van der Waals surface area (Å²) in [4.78, 5) is 31.2. The van der Waals surface area contributed by atoms with Crippen molar-refractivity contribution in [3.63, 3.8) is 0 Å². The van der Waals surface area contributed by atoms with Crippen molar-refractivity contribution in [1.82, 2.24) is 4.90 Å². The van der Waals surface area contributed by atoms with Gasteiger partial charge in [0.25, 0.3) is 0 Å². The van der Waals surface area contributed by atoms with Gasteiger partial charge in [-0.1, -0.05) is 31.9 Å². The molecule has 2 aliphatic heterocycles. The number of thiophene rings is 1. The Bertz CT molecular complexity index is 1280. The molecule has 0 saturated carbocycles. The standard InChI is InChI=1S/C30H36FN3O3S/c1-2-3-4-5-30(36)37-21-34-26-18-22(6-7-23(26)8-9-29(34)35)10-12-32-13-15-33(16-14-32)27-19-24(31)20-28-25(27)11-17-38-28/h6-7,11,17-20H,2-5,8-10,12-16,21H2,1H3. The molecule has 2 aliphatic rings. The molecule has 0 N–H and O–H groups in total. The molecule has 0 radical (unpaired) electrons. The quantitative estimate of drug-likeness (QED) is 0.243. The molecule has 5 rings (SSSR count). The molecule has 202 valence electrons. The molecule has 1 fully saturated rings. The Morgan fingerprint density at radius 1 is 1.03 bits per heavy atom. The number of nitrogens with zero attached hydrogens (tertiary/aromatic N) is 3. The summed E-state index contributed by atoms with van der Waals surface area (Å²) in [6.07, 6.45) is 5.30. The van der Waals surface area contributed by atoms with Crippen molar-refractivity contribution < 1.29 is 18.7 Å². The van der Waals surface area contributed by atoms with Crippen molar-refractivity contribution in [2.24, 2.45) is 0 Å². The molecule has 3 heterocycles. The lowest BCUT2D eigenvalue weighted by molar-refractivity contribution is -0.144. The predicted molar refractivity (Wildman–Crippen MR) is 151 cm³/mol. The average molecular weight is 538 g/mol. The van der Waals surface area contributed by atoms with E-state index in [1.165, 1.54) is 5.56 Å². The lowest BCUT2D eigenvalue weighted by Gasteiger charge is -2.36. The number of esters is 1. The lowest BCUT2D eigenvalue weighted by Crippen LogP contribution is -2.47. The maximum Gasteiger partial charge on any atom is 0.307 e. The van der Waals surface area contributed by atoms with Crippen LogP contribution in [0.5, 0.6) is 0 Å². The van der Waals surface area contributed by atoms with E-state index >= 15 is 0 Å². The summed E-state index contributed by atoms with van der Waals surface area (Å²) in [5, 5.41) is 3.15. The second kappa shape index (κ2) is 12.3. The van der Waals surface area contributed by atoms with Gasteiger partial charge >= 0.3 is 5.97 Å². The molecule has 8 heteroatoms. The van der Waals surface area contributed by atoms with Crippen molar-refractivity contribution in [2.75, 3.05) is 49.3 Å². The molecule has 6 nitrogen and oxygen atoms in total. The van der Waals surface area contributed by atoms with Gasteiger partial charge in [0.1, 0.15) is 5.82 Å². The largest absolute Gasteiger partial charge is 0.444 e. The number of hydrogen-bond donors (Lipinski definition) is 0. The molecule has 0 atom stereocenters. The number of halogens is 1. The summed E-state index contributed by atoms with van der Waals surface area (Å²) in [6.45, 7) is 6.58. The zero-order valence-electron chi connectivity index (χ0n) is 22.1. The molecule has 38 heavy (non-hydrogen) atoms. The summed E-state index contributed by atoms with van der Waals surface area (Å²) in [5.41, 5.74) is 4.16. The fourth-order valence-corrected chi connectivity index (χ4v) is 6.22. The Kier molecular flexibility index (Phi) is 8.59. The minimum Gasteiger partial charge on any atom is -0.444 e. The number of hydrogen-bond acceptors (Lipinski definition) is 6. The normalized spacial score (nSPS) is 16.2. The van der Waals surface area contributed by atoms with Crippen LogP contribution in [-0.4, -0.2) is 56.2 Å². The topological polar surface area (TPSA) is 53.1 Å². The molecule has 3 aromatic rings. The smallest absolute Gasteiger partial charge is 0.307 e. The SMILES string of the molecule is CCCCCC(=O)OCN1C(=O)CCc2ccc(CCN3CCN(c4cc(F)cc5sccc45)CC3)cc21. The van der Waals surface area contributed by atoms with Crippen molar-refractivity contribution in [2.45, 2.75) is 51.9 Å². The second-order valence-electron chi connectivity index (χ2n) is 10.2. The zero-order valence-corrected chi connectivity index (χ0v) is 22.9. The van der Waals surface area contributed by atoms with Gasteiger partial charge in [0.2, 0.25) is 5.91 Å². The molecule has 0 aliphatic carbocycles. The lowest BCUT2D eigenvalue weighted by atomic mass is 9.98. The molecule has 2 aromatic carbocycles. The van der Waals surface area contributed by atoms with Crippen LogP contribution in [0.15, 0.2) is 41.8 Å². The highest BCUT2D eigenvalue weighted by Gasteiger charge is 2.26. The number of anilines is 2. The van der Waals surface area contributed by atoms with Crippen LogP contribution in [-0.2, 0) is 27.2 Å². The van der Waals surface area contributed by atoms with Gasteiger partial charge < -0.3 is 9.64 Å². The summed E-state index contributed by atoms with van der Waals surface area (Å²) in [7, 11) is 0. The van der Waals surface area contributed by atoms with E-state index < -0.39 is 0 Å². The number of fused-ring (bicyclic) bond motifs is 2. The van der Waals surface area contributed by atoms with E-state index in [4.69, 9.17) is 4.74 Å². The number of benzene rings is 2. The van der Waals surface area contributed by atoms with Gasteiger partial charge in [-0.25, -0.2) is 4.39 Å². The molecule has 1 aromatic heterocycles. The van der Waals surface area contributed by atoms with Gasteiger partial charge in [-0.05, 0) is 60.0 Å². The first-order chi connectivity index (χ1) is 18.5. The zero-order chi connectivity index (χ0) is 26.5. The van der Waals surface area contributed by atoms with Gasteiger partial charge in [-0.15, -0.1) is 11.3 Å². The second-order valence-corrected chi connectivity index (χ2v) is 11.2. The van der Waals surface area contributed by atoms with Crippen LogP contribution in [0.1, 0.15) is 50.2 Å². The number of piperazine rings is 1. The van der Waals surface area contributed by atoms with Gasteiger partial charge in [0.05, 0.1) is 5.69 Å². The number of amides is 1. The van der Waals surface area contributed by atoms with E-state index in [9.17, 15) is 14.0 Å². The van der Waals surface area contributed by atoms with Crippen LogP contribution in [0.4, 0.5) is 15.8 Å². The summed E-state index contributed by atoms with van der Waals surface area (Å²) in [5.74, 6) is -0.417. The first kappa shape index (κ1) is 26.6. The van der Waals surface area contributed by atoms with Crippen LogP contribution in [0.25, 0.3) is 10.1 Å². The van der Waals surface area contributed by atoms with E-state index in [1.807, 2.05) is 5.38 Å². The first-order valence-electron chi connectivity index (χ1n) is 13.7. The van der Waals surface area contributed by atoms with Crippen LogP contribution in [0, 0.1) is 5.82 Å². The number of unbranched alkanes of at least 4 members (excludes halogenated alkanes) is 2. The van der Waals surface area contributed by atoms with Crippen molar-refractivity contribution in [3.8, 4) is 0 Å². The summed E-state index contributed by atoms with van der Waals surface area (Å²) >= 11 is 1.58. The Morgan fingerprint density at radius 3 is 2.68 bits per heavy atom. The molecule has 0 bridgehead atoms. The summed E-state index contributed by atoms with van der Waals surface area (Å²) < 4.78 is 20.6. The Morgan fingerprint density at radius 2 is 1.87 bits per heavy atom. The van der Waals surface area contributed by atoms with Crippen molar-refractivity contribution >= 4 is 44.7 Å². The Labute approximate surface area is 228 Å². The monoisotopic (exact) mass is 537 g/mol. The highest BCUT2D eigenvalue weighted by atomic mass is 32.1. The van der Waals surface area contributed by atoms with Crippen LogP contribution in [0.3, 0.4) is 0 Å². The molecule has 0 spiro atoms. The van der Waals surface area contributed by atoms with E-state index in [1.54, 1.807) is 28.4 Å². The fourth-order valence-electron chi connectivity index (χ4n) is 5.39. The highest BCUT2D eigenvalue weighted by molar-refractivity contribution is 7.17. The van der Waals surface area contributed by atoms with E-state index in [2.05, 4.69) is 41.0 Å². The Hall–Kier alpha value is -2.97. The van der Waals surface area contributed by atoms with E-state index in [0.717, 1.165) is 91.9 Å². The minimum absolute atomic E-state index is 0.00390. The third-order valence-electron chi connectivity index (χ3n) is 7.63. The Balaban J connectivity index is 1.16. The molecular formula is C30H36FN3O3S. The maximum absolute atomic E-state index is 14.2. The maximum atomic E-state index is 14.2. The predicted octanol–water partition coefficient (Wildman–Crippen LogP) is 5.77. The third kappa shape index (κ3) is 6.18. The van der Waals surface area contributed by atoms with Gasteiger partial charge in [-0.3, -0.25) is 19.4 Å². The highest BCUT2D eigenvalue weighted by Crippen LogP contribution is 2.33. The molecule has 1 saturated heterocycles. The number of carbonyl (C=O) groups is 2. The van der Waals surface area contributed by atoms with Crippen LogP contribution < -0.4 is 9.80 Å². The van der Waals surface area contributed by atoms with Crippen LogP contribution >= 0.6 is 11.3 Å². The van der Waals surface area contributed by atoms with Crippen LogP contribution in [0.2, 0.25) is 0 Å². The number of ether oxygens (including phenoxy) is 1. The number of carbonyl (C=O) groups excluding carboxylic acids is 2. The summed E-state index contributed by atoms with van der Waals surface area (Å²) in [6, 6.07) is 11.7. The molecular weight excluding hydrogens is 501 g/mol. The third-order valence-corrected chi connectivity index (χ3v) is 8.50. The van der Waals surface area contributed by atoms with E-state index in [0.29, 0.717) is 12.8 Å². The molecule has 0 unspecified atom stereocenters. The average Bonchev–Trinajstić information content (AvgIpc) is 3.40. The van der Waals surface area contributed by atoms with Gasteiger partial charge in [-0.2, -0.15) is 0 Å². The minimum atomic E-state index is -0.244. The van der Waals surface area contributed by atoms with Crippen molar-refractivity contribution in [3.05, 3.63) is 58.7 Å². The van der Waals surface area contributed by atoms with Crippen molar-refractivity contribution in [1.29, 1.82) is 0 Å². The fraction of sp³-hybridized carbons (Fsp3) is 0.467. The van der Waals surface area contributed by atoms with Gasteiger partial charge in [0.15, 0.2) is 6.73 Å². The van der Waals surface area contributed by atoms with E-state index in [-0.39, 0.29) is 24.4 Å². The number of aryl methyl sites for hydroxylation is 1. The molecule has 1 amide bonds.